The van der Waals surface area contributed by atoms with Crippen molar-refractivity contribution in [1.82, 2.24) is 10.6 Å². The second-order valence-corrected chi connectivity index (χ2v) is 5.60. The molecule has 0 aromatic heterocycles. The van der Waals surface area contributed by atoms with Crippen LogP contribution in [0, 0.1) is 12.7 Å². The van der Waals surface area contributed by atoms with Gasteiger partial charge in [-0.15, -0.1) is 24.0 Å². The topological polar surface area (TPSA) is 65.9 Å². The van der Waals surface area contributed by atoms with E-state index in [9.17, 15) is 4.39 Å². The lowest BCUT2D eigenvalue weighted by molar-refractivity contribution is 0.275. The van der Waals surface area contributed by atoms with Gasteiger partial charge < -0.3 is 20.5 Å². The minimum absolute atomic E-state index is 0. The first-order valence-electron chi connectivity index (χ1n) is 8.14. The van der Waals surface area contributed by atoms with Crippen LogP contribution < -0.4 is 15.4 Å². The van der Waals surface area contributed by atoms with Crippen molar-refractivity contribution in [2.24, 2.45) is 4.99 Å². The molecule has 0 aliphatic heterocycles. The van der Waals surface area contributed by atoms with Gasteiger partial charge in [-0.3, -0.25) is 4.99 Å². The fraction of sp³-hybridized carbons (Fsp3) is 0.316. The van der Waals surface area contributed by atoms with Crippen molar-refractivity contribution in [2.45, 2.75) is 20.1 Å². The number of aliphatic hydroxyl groups excluding tert-OH is 1. The molecule has 0 fully saturated rings. The Labute approximate surface area is 170 Å². The quantitative estimate of drug-likeness (QED) is 0.251. The number of benzene rings is 2. The van der Waals surface area contributed by atoms with Crippen molar-refractivity contribution in [3.8, 4) is 5.75 Å². The summed E-state index contributed by atoms with van der Waals surface area (Å²) in [6.07, 6.45) is 0. The molecule has 0 radical (unpaired) electrons. The van der Waals surface area contributed by atoms with Gasteiger partial charge in [-0.05, 0) is 36.8 Å². The molecule has 0 spiro atoms. The molecule has 2 aromatic rings. The lowest BCUT2D eigenvalue weighted by Gasteiger charge is -2.13. The first-order valence-corrected chi connectivity index (χ1v) is 8.14. The van der Waals surface area contributed by atoms with Crippen LogP contribution in [-0.4, -0.2) is 31.3 Å². The molecule has 26 heavy (non-hydrogen) atoms. The number of guanidine groups is 1. The van der Waals surface area contributed by atoms with E-state index in [2.05, 4.69) is 15.6 Å². The summed E-state index contributed by atoms with van der Waals surface area (Å²) < 4.78 is 19.0. The Kier molecular flexibility index (Phi) is 9.97. The molecule has 7 heteroatoms. The number of rotatable bonds is 7. The van der Waals surface area contributed by atoms with Crippen LogP contribution in [0.15, 0.2) is 47.5 Å². The Hall–Kier alpha value is -1.87. The first kappa shape index (κ1) is 22.2. The van der Waals surface area contributed by atoms with Crippen molar-refractivity contribution in [2.75, 3.05) is 20.2 Å². The molecule has 2 rings (SSSR count). The first-order chi connectivity index (χ1) is 12.1. The Bertz CT molecular complexity index is 708. The molecule has 142 valence electrons. The van der Waals surface area contributed by atoms with Gasteiger partial charge in [0.25, 0.3) is 0 Å². The lowest BCUT2D eigenvalue weighted by atomic mass is 10.1. The molecule has 0 atom stereocenters. The number of ether oxygens (including phenoxy) is 1. The molecule has 0 saturated carbocycles. The molecular weight excluding hydrogens is 448 g/mol. The SMILES string of the molecule is CN=C(NCCOc1ccc(C)cc1)NCc1ccc(F)c(CO)c1.I. The van der Waals surface area contributed by atoms with E-state index in [1.54, 1.807) is 19.2 Å². The fourth-order valence-electron chi connectivity index (χ4n) is 2.24. The number of nitrogens with one attached hydrogen (secondary N) is 2. The number of hydrogen-bond acceptors (Lipinski definition) is 3. The van der Waals surface area contributed by atoms with E-state index < -0.39 is 5.82 Å². The van der Waals surface area contributed by atoms with Crippen LogP contribution in [0.2, 0.25) is 0 Å². The van der Waals surface area contributed by atoms with E-state index in [4.69, 9.17) is 9.84 Å². The van der Waals surface area contributed by atoms with Gasteiger partial charge in [-0.1, -0.05) is 23.8 Å². The van der Waals surface area contributed by atoms with E-state index >= 15 is 0 Å². The lowest BCUT2D eigenvalue weighted by Crippen LogP contribution is -2.38. The van der Waals surface area contributed by atoms with E-state index in [1.807, 2.05) is 31.2 Å². The van der Waals surface area contributed by atoms with Crippen LogP contribution in [-0.2, 0) is 13.2 Å². The Morgan fingerprint density at radius 2 is 1.88 bits per heavy atom. The maximum Gasteiger partial charge on any atom is 0.191 e. The van der Waals surface area contributed by atoms with Crippen LogP contribution in [0.25, 0.3) is 0 Å². The molecule has 3 N–H and O–H groups in total. The van der Waals surface area contributed by atoms with Crippen molar-refractivity contribution in [1.29, 1.82) is 0 Å². The normalized spacial score (nSPS) is 10.8. The molecule has 5 nitrogen and oxygen atoms in total. The van der Waals surface area contributed by atoms with Gasteiger partial charge in [-0.2, -0.15) is 0 Å². The number of aryl methyl sites for hydroxylation is 1. The summed E-state index contributed by atoms with van der Waals surface area (Å²) >= 11 is 0. The van der Waals surface area contributed by atoms with Crippen molar-refractivity contribution in [3.63, 3.8) is 0 Å². The van der Waals surface area contributed by atoms with Gasteiger partial charge in [0, 0.05) is 19.2 Å². The zero-order chi connectivity index (χ0) is 18.1. The summed E-state index contributed by atoms with van der Waals surface area (Å²) in [6, 6.07) is 12.6. The summed E-state index contributed by atoms with van der Waals surface area (Å²) in [6.45, 7) is 3.30. The van der Waals surface area contributed by atoms with Gasteiger partial charge in [0.2, 0.25) is 0 Å². The average molecular weight is 473 g/mol. The molecule has 0 bridgehead atoms. The second kappa shape index (κ2) is 11.7. The van der Waals surface area contributed by atoms with Crippen molar-refractivity contribution < 1.29 is 14.2 Å². The minimum atomic E-state index is -0.401. The summed E-state index contributed by atoms with van der Waals surface area (Å²) in [5, 5.41) is 15.4. The van der Waals surface area contributed by atoms with Gasteiger partial charge in [0.05, 0.1) is 13.2 Å². The average Bonchev–Trinajstić information content (AvgIpc) is 2.63. The maximum absolute atomic E-state index is 13.4. The third-order valence-electron chi connectivity index (χ3n) is 3.65. The predicted molar refractivity (Wildman–Crippen MR) is 113 cm³/mol. The Morgan fingerprint density at radius 1 is 1.15 bits per heavy atom. The summed E-state index contributed by atoms with van der Waals surface area (Å²) in [5.41, 5.74) is 2.35. The van der Waals surface area contributed by atoms with Crippen molar-refractivity contribution >= 4 is 29.9 Å². The van der Waals surface area contributed by atoms with Crippen molar-refractivity contribution in [3.05, 3.63) is 65.0 Å². The highest BCUT2D eigenvalue weighted by molar-refractivity contribution is 14.0. The van der Waals surface area contributed by atoms with E-state index in [0.717, 1.165) is 11.3 Å². The van der Waals surface area contributed by atoms with E-state index in [1.165, 1.54) is 11.6 Å². The summed E-state index contributed by atoms with van der Waals surface area (Å²) in [7, 11) is 1.68. The fourth-order valence-corrected chi connectivity index (χ4v) is 2.24. The zero-order valence-electron chi connectivity index (χ0n) is 15.0. The number of nitrogens with zero attached hydrogens (tertiary/aromatic N) is 1. The number of hydrogen-bond donors (Lipinski definition) is 3. The third kappa shape index (κ3) is 7.17. The predicted octanol–water partition coefficient (Wildman–Crippen LogP) is 2.99. The van der Waals surface area contributed by atoms with E-state index in [0.29, 0.717) is 25.7 Å². The van der Waals surface area contributed by atoms with Gasteiger partial charge >= 0.3 is 0 Å². The molecule has 0 heterocycles. The molecule has 0 amide bonds. The maximum atomic E-state index is 13.4. The highest BCUT2D eigenvalue weighted by atomic mass is 127. The second-order valence-electron chi connectivity index (χ2n) is 5.60. The number of aliphatic imine (C=N–C) groups is 1. The van der Waals surface area contributed by atoms with Crippen LogP contribution in [0.4, 0.5) is 4.39 Å². The van der Waals surface area contributed by atoms with Gasteiger partial charge in [-0.25, -0.2) is 4.39 Å². The van der Waals surface area contributed by atoms with Crippen LogP contribution in [0.1, 0.15) is 16.7 Å². The van der Waals surface area contributed by atoms with Crippen LogP contribution in [0.5, 0.6) is 5.75 Å². The molecule has 2 aromatic carbocycles. The highest BCUT2D eigenvalue weighted by Crippen LogP contribution is 2.11. The smallest absolute Gasteiger partial charge is 0.191 e. The van der Waals surface area contributed by atoms with E-state index in [-0.39, 0.29) is 36.1 Å². The largest absolute Gasteiger partial charge is 0.492 e. The zero-order valence-corrected chi connectivity index (χ0v) is 17.3. The van der Waals surface area contributed by atoms with Crippen LogP contribution in [0.3, 0.4) is 0 Å². The monoisotopic (exact) mass is 473 g/mol. The molecule has 0 saturated heterocycles. The highest BCUT2D eigenvalue weighted by Gasteiger charge is 2.04. The Balaban J connectivity index is 0.00000338. The van der Waals surface area contributed by atoms with Gasteiger partial charge in [0.1, 0.15) is 18.2 Å². The molecular formula is C19H25FIN3O2. The Morgan fingerprint density at radius 3 is 2.54 bits per heavy atom. The number of halogens is 2. The third-order valence-corrected chi connectivity index (χ3v) is 3.65. The minimum Gasteiger partial charge on any atom is -0.492 e. The molecule has 0 aliphatic rings. The van der Waals surface area contributed by atoms with Crippen LogP contribution >= 0.6 is 24.0 Å². The summed E-state index contributed by atoms with van der Waals surface area (Å²) in [4.78, 5) is 4.13. The number of aliphatic hydroxyl groups is 1. The molecule has 0 unspecified atom stereocenters. The standard InChI is InChI=1S/C19H24FN3O2.HI/c1-14-3-6-17(7-4-14)25-10-9-22-19(21-2)23-12-15-5-8-18(20)16(11-15)13-24;/h3-8,11,24H,9-10,12-13H2,1-2H3,(H2,21,22,23);1H. The summed E-state index contributed by atoms with van der Waals surface area (Å²) in [5.74, 6) is 1.06. The molecule has 0 aliphatic carbocycles. The van der Waals surface area contributed by atoms with Gasteiger partial charge in [0.15, 0.2) is 5.96 Å².